The van der Waals surface area contributed by atoms with Crippen molar-refractivity contribution in [1.82, 2.24) is 0 Å². The van der Waals surface area contributed by atoms with Crippen molar-refractivity contribution in [3.8, 4) is 0 Å². The molecule has 1 aromatic rings. The van der Waals surface area contributed by atoms with Crippen molar-refractivity contribution < 1.29 is 14.5 Å². The van der Waals surface area contributed by atoms with E-state index in [0.717, 1.165) is 13.1 Å². The Hall–Kier alpha value is -1.88. The first-order valence-electron chi connectivity index (χ1n) is 7.47. The van der Waals surface area contributed by atoms with Crippen LogP contribution in [0.3, 0.4) is 0 Å². The lowest BCUT2D eigenvalue weighted by molar-refractivity contribution is -0.904. The highest BCUT2D eigenvalue weighted by Gasteiger charge is 2.26. The van der Waals surface area contributed by atoms with Gasteiger partial charge in [-0.05, 0) is 30.7 Å². The van der Waals surface area contributed by atoms with Crippen molar-refractivity contribution in [3.63, 3.8) is 0 Å². The summed E-state index contributed by atoms with van der Waals surface area (Å²) < 4.78 is 0. The summed E-state index contributed by atoms with van der Waals surface area (Å²) in [6.07, 6.45) is 1.25. The third kappa shape index (κ3) is 4.56. The van der Waals surface area contributed by atoms with Crippen molar-refractivity contribution in [2.75, 3.05) is 25.0 Å². The van der Waals surface area contributed by atoms with Crippen molar-refractivity contribution in [3.05, 3.63) is 29.8 Å². The molecule has 1 heterocycles. The minimum atomic E-state index is -0.464. The second kappa shape index (κ2) is 6.72. The lowest BCUT2D eigenvalue weighted by Gasteiger charge is -2.31. The molecule has 114 valence electrons. The van der Waals surface area contributed by atoms with Crippen LogP contribution in [0.15, 0.2) is 24.3 Å². The number of hydrogen-bond donors (Lipinski definition) is 3. The molecule has 0 aliphatic carbocycles. The summed E-state index contributed by atoms with van der Waals surface area (Å²) in [6, 6.07) is 6.65. The predicted molar refractivity (Wildman–Crippen MR) is 82.1 cm³/mol. The highest BCUT2D eigenvalue weighted by Crippen LogP contribution is 2.12. The summed E-state index contributed by atoms with van der Waals surface area (Å²) >= 11 is 0. The Morgan fingerprint density at radius 1 is 1.19 bits per heavy atom. The number of primary amides is 1. The van der Waals surface area contributed by atoms with Crippen LogP contribution in [0.4, 0.5) is 5.69 Å². The minimum Gasteiger partial charge on any atom is -0.366 e. The molecule has 1 aliphatic rings. The van der Waals surface area contributed by atoms with E-state index in [4.69, 9.17) is 5.73 Å². The summed E-state index contributed by atoms with van der Waals surface area (Å²) in [4.78, 5) is 24.4. The van der Waals surface area contributed by atoms with Gasteiger partial charge in [-0.1, -0.05) is 13.8 Å². The van der Waals surface area contributed by atoms with Gasteiger partial charge in [-0.15, -0.1) is 0 Å². The lowest BCUT2D eigenvalue weighted by Crippen LogP contribution is -3.15. The number of carbonyl (C=O) groups is 2. The van der Waals surface area contributed by atoms with Crippen LogP contribution in [0.1, 0.15) is 30.6 Å². The number of amides is 2. The monoisotopic (exact) mass is 290 g/mol. The van der Waals surface area contributed by atoms with Gasteiger partial charge < -0.3 is 16.0 Å². The zero-order valence-corrected chi connectivity index (χ0v) is 12.7. The third-order valence-corrected chi connectivity index (χ3v) is 3.94. The Morgan fingerprint density at radius 2 is 1.76 bits per heavy atom. The maximum absolute atomic E-state index is 12.1. The van der Waals surface area contributed by atoms with Crippen LogP contribution < -0.4 is 16.0 Å². The molecule has 1 unspecified atom stereocenters. The van der Waals surface area contributed by atoms with Gasteiger partial charge in [0.25, 0.3) is 5.91 Å². The second-order valence-corrected chi connectivity index (χ2v) is 6.27. The van der Waals surface area contributed by atoms with E-state index in [1.165, 1.54) is 11.3 Å². The van der Waals surface area contributed by atoms with E-state index in [0.29, 0.717) is 29.6 Å². The maximum atomic E-state index is 12.1. The molecule has 2 rings (SSSR count). The van der Waals surface area contributed by atoms with Crippen molar-refractivity contribution in [2.45, 2.75) is 20.3 Å². The quantitative estimate of drug-likeness (QED) is 0.745. The molecule has 1 fully saturated rings. The van der Waals surface area contributed by atoms with E-state index in [9.17, 15) is 9.59 Å². The van der Waals surface area contributed by atoms with E-state index in [1.54, 1.807) is 24.3 Å². The molecule has 5 heteroatoms. The third-order valence-electron chi connectivity index (χ3n) is 3.94. The zero-order chi connectivity index (χ0) is 15.4. The smallest absolute Gasteiger partial charge is 0.279 e. The fourth-order valence-corrected chi connectivity index (χ4v) is 3.22. The van der Waals surface area contributed by atoms with Crippen LogP contribution in [-0.2, 0) is 4.79 Å². The van der Waals surface area contributed by atoms with Gasteiger partial charge in [0.15, 0.2) is 6.54 Å². The van der Waals surface area contributed by atoms with Crippen LogP contribution in [-0.4, -0.2) is 31.4 Å². The number of anilines is 1. The predicted octanol–water partition coefficient (Wildman–Crippen LogP) is 0.285. The summed E-state index contributed by atoms with van der Waals surface area (Å²) in [5.74, 6) is 0.893. The number of benzene rings is 1. The standard InChI is InChI=1S/C16H23N3O2/c1-11-7-12(2)9-19(8-11)10-15(20)18-14-5-3-13(4-6-14)16(17)21/h3-6,11-12H,7-10H2,1-2H3,(H2,17,21)(H,18,20)/p+1/t11-,12+. The van der Waals surface area contributed by atoms with Gasteiger partial charge in [-0.25, -0.2) is 0 Å². The molecule has 4 N–H and O–H groups in total. The Morgan fingerprint density at radius 3 is 2.29 bits per heavy atom. The van der Waals surface area contributed by atoms with Crippen LogP contribution in [0.2, 0.25) is 0 Å². The van der Waals surface area contributed by atoms with Crippen molar-refractivity contribution in [1.29, 1.82) is 0 Å². The normalized spacial score (nSPS) is 25.3. The van der Waals surface area contributed by atoms with Gasteiger partial charge in [-0.2, -0.15) is 0 Å². The Labute approximate surface area is 125 Å². The fraction of sp³-hybridized carbons (Fsp3) is 0.500. The lowest BCUT2D eigenvalue weighted by atomic mass is 9.92. The van der Waals surface area contributed by atoms with Gasteiger partial charge in [0, 0.05) is 23.1 Å². The molecule has 0 spiro atoms. The van der Waals surface area contributed by atoms with Crippen LogP contribution in [0.25, 0.3) is 0 Å². The van der Waals surface area contributed by atoms with E-state index >= 15 is 0 Å². The first-order chi connectivity index (χ1) is 9.94. The molecular weight excluding hydrogens is 266 g/mol. The first-order valence-corrected chi connectivity index (χ1v) is 7.47. The molecule has 0 bridgehead atoms. The highest BCUT2D eigenvalue weighted by molar-refractivity contribution is 5.95. The topological polar surface area (TPSA) is 76.6 Å². The van der Waals surface area contributed by atoms with Crippen LogP contribution >= 0.6 is 0 Å². The summed E-state index contributed by atoms with van der Waals surface area (Å²) in [6.45, 7) is 7.09. The average molecular weight is 290 g/mol. The average Bonchev–Trinajstić information content (AvgIpc) is 2.37. The molecule has 1 aliphatic heterocycles. The number of likely N-dealkylation sites (tertiary alicyclic amines) is 1. The number of nitrogens with one attached hydrogen (secondary N) is 2. The second-order valence-electron chi connectivity index (χ2n) is 6.27. The highest BCUT2D eigenvalue weighted by atomic mass is 16.2. The van der Waals surface area contributed by atoms with Crippen LogP contribution in [0, 0.1) is 11.8 Å². The molecule has 0 aromatic heterocycles. The van der Waals surface area contributed by atoms with Gasteiger partial charge >= 0.3 is 0 Å². The summed E-state index contributed by atoms with van der Waals surface area (Å²) in [7, 11) is 0. The van der Waals surface area contributed by atoms with E-state index in [1.807, 2.05) is 0 Å². The maximum Gasteiger partial charge on any atom is 0.279 e. The number of piperidine rings is 1. The first kappa shape index (κ1) is 15.5. The summed E-state index contributed by atoms with van der Waals surface area (Å²) in [5, 5.41) is 2.87. The molecule has 2 amide bonds. The zero-order valence-electron chi connectivity index (χ0n) is 12.7. The molecule has 1 aromatic carbocycles. The van der Waals surface area contributed by atoms with Crippen molar-refractivity contribution >= 4 is 17.5 Å². The van der Waals surface area contributed by atoms with E-state index < -0.39 is 5.91 Å². The van der Waals surface area contributed by atoms with Gasteiger partial charge in [0.2, 0.25) is 5.91 Å². The Kier molecular flexibility index (Phi) is 4.96. The van der Waals surface area contributed by atoms with E-state index in [2.05, 4.69) is 19.2 Å². The number of nitrogens with two attached hydrogens (primary N) is 1. The molecule has 5 nitrogen and oxygen atoms in total. The van der Waals surface area contributed by atoms with Gasteiger partial charge in [0.05, 0.1) is 13.1 Å². The summed E-state index contributed by atoms with van der Waals surface area (Å²) in [5.41, 5.74) is 6.32. The van der Waals surface area contributed by atoms with Gasteiger partial charge in [0.1, 0.15) is 0 Å². The molecule has 21 heavy (non-hydrogen) atoms. The van der Waals surface area contributed by atoms with Crippen molar-refractivity contribution in [2.24, 2.45) is 17.6 Å². The molecular formula is C16H24N3O2+. The van der Waals surface area contributed by atoms with E-state index in [-0.39, 0.29) is 5.91 Å². The largest absolute Gasteiger partial charge is 0.366 e. The number of rotatable bonds is 4. The Balaban J connectivity index is 1.88. The number of carbonyl (C=O) groups excluding carboxylic acids is 2. The molecule has 0 saturated carbocycles. The number of quaternary nitrogens is 1. The molecule has 1 saturated heterocycles. The van der Waals surface area contributed by atoms with Gasteiger partial charge in [-0.3, -0.25) is 9.59 Å². The molecule has 0 radical (unpaired) electrons. The number of hydrogen-bond acceptors (Lipinski definition) is 2. The fourth-order valence-electron chi connectivity index (χ4n) is 3.22. The molecule has 3 atom stereocenters. The SMILES string of the molecule is C[C@@H]1C[C@H](C)C[NH+](CC(=O)Nc2ccc(C(N)=O)cc2)C1. The minimum absolute atomic E-state index is 0.0122. The van der Waals surface area contributed by atoms with Crippen LogP contribution in [0.5, 0.6) is 0 Å². The Bertz CT molecular complexity index is 503.